The number of anilines is 1. The fourth-order valence-corrected chi connectivity index (χ4v) is 3.82. The van der Waals surface area contributed by atoms with E-state index in [2.05, 4.69) is 28.3 Å². The first-order chi connectivity index (χ1) is 11.5. The highest BCUT2D eigenvalue weighted by Gasteiger charge is 2.31. The average Bonchev–Trinajstić information content (AvgIpc) is 2.51. The van der Waals surface area contributed by atoms with E-state index in [0.29, 0.717) is 16.5 Å². The zero-order chi connectivity index (χ0) is 17.3. The lowest BCUT2D eigenvalue weighted by Crippen LogP contribution is -2.31. The molecular formula is C18H21N3O2S. The fraction of sp³-hybridized carbons (Fsp3) is 0.389. The van der Waals surface area contributed by atoms with Crippen molar-refractivity contribution in [3.05, 3.63) is 50.8 Å². The topological polar surface area (TPSA) is 74.8 Å². The average molecular weight is 343 g/mol. The summed E-state index contributed by atoms with van der Waals surface area (Å²) in [5, 5.41) is 3.32. The van der Waals surface area contributed by atoms with Crippen LogP contribution in [-0.4, -0.2) is 21.6 Å². The number of nitrogens with one attached hydrogen (secondary N) is 2. The lowest BCUT2D eigenvalue weighted by Gasteiger charge is -2.25. The molecule has 1 aromatic carbocycles. The molecule has 0 fully saturated rings. The second kappa shape index (κ2) is 6.81. The van der Waals surface area contributed by atoms with E-state index >= 15 is 0 Å². The summed E-state index contributed by atoms with van der Waals surface area (Å²) in [6, 6.07) is 6.10. The molecule has 2 N–H and O–H groups in total. The number of nitrogens with zero attached hydrogens (tertiary/aromatic N) is 1. The van der Waals surface area contributed by atoms with E-state index < -0.39 is 0 Å². The van der Waals surface area contributed by atoms with Crippen LogP contribution in [0.1, 0.15) is 47.9 Å². The molecule has 1 aliphatic rings. The molecule has 1 aromatic heterocycles. The van der Waals surface area contributed by atoms with Crippen molar-refractivity contribution in [1.82, 2.24) is 9.97 Å². The Morgan fingerprint density at radius 1 is 1.29 bits per heavy atom. The number of carbonyl (C=O) groups is 1. The zero-order valence-corrected chi connectivity index (χ0v) is 14.9. The maximum atomic E-state index is 12.7. The molecule has 0 spiro atoms. The van der Waals surface area contributed by atoms with Crippen LogP contribution in [-0.2, 0) is 4.79 Å². The highest BCUT2D eigenvalue weighted by molar-refractivity contribution is 7.99. The molecule has 24 heavy (non-hydrogen) atoms. The standard InChI is InChI=1S/C18H21N3O2S/c1-4-7-24-18-20-16-15(17(23)21-18)13(9-14(22)19-16)12-6-5-10(2)8-11(12)3/h5-6,8,13H,4,7,9H2,1-3H3,(H2,19,20,21,22,23). The predicted octanol–water partition coefficient (Wildman–Crippen LogP) is 3.36. The van der Waals surface area contributed by atoms with Gasteiger partial charge in [-0.3, -0.25) is 9.59 Å². The molecule has 2 aromatic rings. The van der Waals surface area contributed by atoms with Crippen molar-refractivity contribution >= 4 is 23.5 Å². The number of aromatic nitrogens is 2. The Balaban J connectivity index is 2.09. The monoisotopic (exact) mass is 343 g/mol. The molecule has 0 radical (unpaired) electrons. The minimum absolute atomic E-state index is 0.1000. The third-order valence-corrected chi connectivity index (χ3v) is 5.25. The maximum Gasteiger partial charge on any atom is 0.257 e. The van der Waals surface area contributed by atoms with Gasteiger partial charge in [0.2, 0.25) is 5.91 Å². The Labute approximate surface area is 145 Å². The number of aryl methyl sites for hydroxylation is 2. The van der Waals surface area contributed by atoms with Gasteiger partial charge in [-0.15, -0.1) is 0 Å². The van der Waals surface area contributed by atoms with Crippen molar-refractivity contribution in [2.45, 2.75) is 44.7 Å². The van der Waals surface area contributed by atoms with Crippen LogP contribution in [0.2, 0.25) is 0 Å². The molecule has 0 aliphatic carbocycles. The summed E-state index contributed by atoms with van der Waals surface area (Å²) in [6.07, 6.45) is 1.26. The number of thioether (sulfide) groups is 1. The molecular weight excluding hydrogens is 322 g/mol. The van der Waals surface area contributed by atoms with Gasteiger partial charge in [0.15, 0.2) is 5.16 Å². The quantitative estimate of drug-likeness (QED) is 0.659. The van der Waals surface area contributed by atoms with Crippen LogP contribution >= 0.6 is 11.8 Å². The highest BCUT2D eigenvalue weighted by Crippen LogP contribution is 2.36. The Kier molecular flexibility index (Phi) is 4.76. The van der Waals surface area contributed by atoms with Gasteiger partial charge in [0.1, 0.15) is 5.82 Å². The third-order valence-electron chi connectivity index (χ3n) is 4.17. The molecule has 3 rings (SSSR count). The van der Waals surface area contributed by atoms with E-state index in [4.69, 9.17) is 0 Å². The molecule has 0 saturated carbocycles. The van der Waals surface area contributed by atoms with E-state index in [-0.39, 0.29) is 23.8 Å². The SMILES string of the molecule is CCCSc1nc2c(c(=O)[nH]1)C(c1ccc(C)cc1C)CC(=O)N2. The number of aromatic amines is 1. The third kappa shape index (κ3) is 3.24. The van der Waals surface area contributed by atoms with Crippen LogP contribution in [0.15, 0.2) is 28.2 Å². The minimum Gasteiger partial charge on any atom is -0.310 e. The van der Waals surface area contributed by atoms with Crippen molar-refractivity contribution < 1.29 is 4.79 Å². The van der Waals surface area contributed by atoms with Gasteiger partial charge in [-0.1, -0.05) is 42.4 Å². The first-order valence-electron chi connectivity index (χ1n) is 8.13. The van der Waals surface area contributed by atoms with Gasteiger partial charge in [-0.05, 0) is 31.4 Å². The van der Waals surface area contributed by atoms with Gasteiger partial charge < -0.3 is 10.3 Å². The van der Waals surface area contributed by atoms with E-state index in [1.54, 1.807) is 0 Å². The maximum absolute atomic E-state index is 12.7. The summed E-state index contributed by atoms with van der Waals surface area (Å²) in [5.74, 6) is 0.919. The van der Waals surface area contributed by atoms with Gasteiger partial charge in [0.25, 0.3) is 5.56 Å². The molecule has 6 heteroatoms. The zero-order valence-electron chi connectivity index (χ0n) is 14.1. The summed E-state index contributed by atoms with van der Waals surface area (Å²) in [4.78, 5) is 32.1. The number of benzene rings is 1. The number of carbonyl (C=O) groups excluding carboxylic acids is 1. The van der Waals surface area contributed by atoms with Crippen molar-refractivity contribution in [1.29, 1.82) is 0 Å². The molecule has 126 valence electrons. The fourth-order valence-electron chi connectivity index (χ4n) is 3.10. The Hall–Kier alpha value is -2.08. The van der Waals surface area contributed by atoms with Gasteiger partial charge in [-0.2, -0.15) is 0 Å². The van der Waals surface area contributed by atoms with E-state index in [0.717, 1.165) is 28.9 Å². The molecule has 1 atom stereocenters. The first kappa shape index (κ1) is 16.8. The predicted molar refractivity (Wildman–Crippen MR) is 96.9 cm³/mol. The minimum atomic E-state index is -0.254. The van der Waals surface area contributed by atoms with E-state index in [9.17, 15) is 9.59 Å². The van der Waals surface area contributed by atoms with Gasteiger partial charge in [0, 0.05) is 18.1 Å². The van der Waals surface area contributed by atoms with Gasteiger partial charge >= 0.3 is 0 Å². The lowest BCUT2D eigenvalue weighted by molar-refractivity contribution is -0.116. The van der Waals surface area contributed by atoms with Crippen LogP contribution in [0.5, 0.6) is 0 Å². The van der Waals surface area contributed by atoms with Crippen molar-refractivity contribution in [2.75, 3.05) is 11.1 Å². The van der Waals surface area contributed by atoms with Crippen molar-refractivity contribution in [2.24, 2.45) is 0 Å². The van der Waals surface area contributed by atoms with Crippen molar-refractivity contribution in [3.63, 3.8) is 0 Å². The van der Waals surface area contributed by atoms with Gasteiger partial charge in [-0.25, -0.2) is 4.98 Å². The molecule has 1 aliphatic heterocycles. The van der Waals surface area contributed by atoms with Gasteiger partial charge in [0.05, 0.1) is 5.56 Å². The largest absolute Gasteiger partial charge is 0.310 e. The van der Waals surface area contributed by atoms with Crippen LogP contribution in [0.25, 0.3) is 0 Å². The Morgan fingerprint density at radius 2 is 2.08 bits per heavy atom. The molecule has 0 saturated heterocycles. The number of rotatable bonds is 4. The smallest absolute Gasteiger partial charge is 0.257 e. The number of hydrogen-bond donors (Lipinski definition) is 2. The summed E-state index contributed by atoms with van der Waals surface area (Å²) >= 11 is 1.49. The summed E-state index contributed by atoms with van der Waals surface area (Å²) in [5.41, 5.74) is 3.66. The summed E-state index contributed by atoms with van der Waals surface area (Å²) in [6.45, 7) is 6.12. The summed E-state index contributed by atoms with van der Waals surface area (Å²) < 4.78 is 0. The van der Waals surface area contributed by atoms with Crippen LogP contribution in [0.3, 0.4) is 0 Å². The van der Waals surface area contributed by atoms with Crippen LogP contribution in [0.4, 0.5) is 5.82 Å². The molecule has 5 nitrogen and oxygen atoms in total. The van der Waals surface area contributed by atoms with Crippen molar-refractivity contribution in [3.8, 4) is 0 Å². The molecule has 2 heterocycles. The number of fused-ring (bicyclic) bond motifs is 1. The molecule has 1 unspecified atom stereocenters. The molecule has 1 amide bonds. The Morgan fingerprint density at radius 3 is 2.79 bits per heavy atom. The second-order valence-corrected chi connectivity index (χ2v) is 7.23. The van der Waals surface area contributed by atoms with E-state index in [1.165, 1.54) is 11.8 Å². The number of H-pyrrole nitrogens is 1. The van der Waals surface area contributed by atoms with Crippen LogP contribution < -0.4 is 10.9 Å². The summed E-state index contributed by atoms with van der Waals surface area (Å²) in [7, 11) is 0. The second-order valence-electron chi connectivity index (χ2n) is 6.15. The normalized spacial score (nSPS) is 16.6. The first-order valence-corrected chi connectivity index (χ1v) is 9.12. The Bertz CT molecular complexity index is 845. The highest BCUT2D eigenvalue weighted by atomic mass is 32.2. The number of amides is 1. The van der Waals surface area contributed by atoms with E-state index in [1.807, 2.05) is 26.0 Å². The number of hydrogen-bond acceptors (Lipinski definition) is 4. The van der Waals surface area contributed by atoms with Crippen LogP contribution in [0, 0.1) is 13.8 Å². The molecule has 0 bridgehead atoms. The lowest BCUT2D eigenvalue weighted by atomic mass is 9.84.